The summed E-state index contributed by atoms with van der Waals surface area (Å²) >= 11 is 2.93. The summed E-state index contributed by atoms with van der Waals surface area (Å²) in [5, 5.41) is 14.0. The molecule has 6 nitrogen and oxygen atoms in total. The van der Waals surface area contributed by atoms with Crippen molar-refractivity contribution < 1.29 is 13.9 Å². The quantitative estimate of drug-likeness (QED) is 0.441. The fraction of sp³-hybridized carbons (Fsp3) is 0.316. The molecule has 1 aromatic carbocycles. The molecule has 0 spiro atoms. The van der Waals surface area contributed by atoms with Crippen molar-refractivity contribution in [2.24, 2.45) is 7.05 Å². The number of carbonyl (C=O) groups excluding carboxylic acids is 1. The van der Waals surface area contributed by atoms with Gasteiger partial charge in [-0.15, -0.1) is 21.5 Å². The topological polar surface area (TPSA) is 69.0 Å². The lowest BCUT2D eigenvalue weighted by atomic mass is 10.2. The number of aryl methyl sites for hydroxylation is 1. The van der Waals surface area contributed by atoms with Gasteiger partial charge in [-0.3, -0.25) is 4.79 Å². The zero-order chi connectivity index (χ0) is 20.1. The molecule has 1 N–H and O–H groups in total. The SMILES string of the molecule is Cc1ccsc1C(=O)N[C@H](C)c1nnc(SCCOc2ccc(F)cc2)n1C. The minimum atomic E-state index is -0.288. The van der Waals surface area contributed by atoms with Crippen molar-refractivity contribution in [1.29, 1.82) is 0 Å². The number of aromatic nitrogens is 3. The zero-order valence-corrected chi connectivity index (χ0v) is 17.4. The molecule has 0 bridgehead atoms. The number of hydrogen-bond acceptors (Lipinski definition) is 6. The average Bonchev–Trinajstić information content (AvgIpc) is 3.26. The molecule has 3 aromatic rings. The van der Waals surface area contributed by atoms with Crippen molar-refractivity contribution in [2.45, 2.75) is 25.0 Å². The van der Waals surface area contributed by atoms with Crippen LogP contribution >= 0.6 is 23.1 Å². The molecule has 28 heavy (non-hydrogen) atoms. The first-order chi connectivity index (χ1) is 13.5. The molecular formula is C19H21FN4O2S2. The Morgan fingerprint density at radius 1 is 1.32 bits per heavy atom. The third-order valence-electron chi connectivity index (χ3n) is 4.07. The van der Waals surface area contributed by atoms with Crippen LogP contribution in [0.5, 0.6) is 5.75 Å². The van der Waals surface area contributed by atoms with Gasteiger partial charge in [-0.05, 0) is 55.1 Å². The Morgan fingerprint density at radius 2 is 2.07 bits per heavy atom. The maximum Gasteiger partial charge on any atom is 0.262 e. The standard InChI is InChI=1S/C19H21FN4O2S2/c1-12-8-10-27-16(12)18(25)21-13(2)17-22-23-19(24(17)3)28-11-9-26-15-6-4-14(20)5-7-15/h4-8,10,13H,9,11H2,1-3H3,(H,21,25)/t13-/m1/s1. The van der Waals surface area contributed by atoms with E-state index in [9.17, 15) is 9.18 Å². The number of carbonyl (C=O) groups is 1. The first-order valence-electron chi connectivity index (χ1n) is 8.71. The van der Waals surface area contributed by atoms with Gasteiger partial charge in [0.05, 0.1) is 17.5 Å². The second-order valence-electron chi connectivity index (χ2n) is 6.18. The van der Waals surface area contributed by atoms with Crippen LogP contribution in [0, 0.1) is 12.7 Å². The highest BCUT2D eigenvalue weighted by Gasteiger charge is 2.19. The summed E-state index contributed by atoms with van der Waals surface area (Å²) in [6.45, 7) is 4.26. The van der Waals surface area contributed by atoms with Crippen molar-refractivity contribution in [3.63, 3.8) is 0 Å². The highest BCUT2D eigenvalue weighted by molar-refractivity contribution is 7.99. The zero-order valence-electron chi connectivity index (χ0n) is 15.8. The number of benzene rings is 1. The van der Waals surface area contributed by atoms with Crippen molar-refractivity contribution in [3.8, 4) is 5.75 Å². The molecule has 0 aliphatic carbocycles. The molecule has 3 rings (SSSR count). The lowest BCUT2D eigenvalue weighted by molar-refractivity contribution is 0.0941. The molecule has 1 atom stereocenters. The molecule has 0 aliphatic rings. The highest BCUT2D eigenvalue weighted by Crippen LogP contribution is 2.21. The van der Waals surface area contributed by atoms with E-state index in [4.69, 9.17) is 4.74 Å². The fourth-order valence-electron chi connectivity index (χ4n) is 2.58. The molecular weight excluding hydrogens is 399 g/mol. The van der Waals surface area contributed by atoms with Crippen molar-refractivity contribution in [2.75, 3.05) is 12.4 Å². The van der Waals surface area contributed by atoms with E-state index in [1.807, 2.05) is 36.9 Å². The van der Waals surface area contributed by atoms with Crippen molar-refractivity contribution >= 4 is 29.0 Å². The summed E-state index contributed by atoms with van der Waals surface area (Å²) < 4.78 is 20.3. The summed E-state index contributed by atoms with van der Waals surface area (Å²) in [4.78, 5) is 13.1. The van der Waals surface area contributed by atoms with Gasteiger partial charge >= 0.3 is 0 Å². The molecule has 0 unspecified atom stereocenters. The van der Waals surface area contributed by atoms with E-state index in [1.165, 1.54) is 35.2 Å². The number of halogens is 1. The smallest absolute Gasteiger partial charge is 0.262 e. The first kappa shape index (κ1) is 20.3. The Hall–Kier alpha value is -2.39. The minimum Gasteiger partial charge on any atom is -0.493 e. The molecule has 0 fully saturated rings. The average molecular weight is 421 g/mol. The molecule has 2 aromatic heterocycles. The summed E-state index contributed by atoms with van der Waals surface area (Å²) in [5.74, 6) is 1.58. The predicted octanol–water partition coefficient (Wildman–Crippen LogP) is 3.99. The fourth-order valence-corrected chi connectivity index (χ4v) is 4.15. The van der Waals surface area contributed by atoms with Crippen LogP contribution in [0.15, 0.2) is 40.9 Å². The maximum atomic E-state index is 12.9. The van der Waals surface area contributed by atoms with Gasteiger partial charge in [0.1, 0.15) is 11.6 Å². The van der Waals surface area contributed by atoms with E-state index in [1.54, 1.807) is 12.1 Å². The van der Waals surface area contributed by atoms with Gasteiger partial charge in [-0.1, -0.05) is 11.8 Å². The molecule has 148 valence electrons. The third kappa shape index (κ3) is 4.90. The van der Waals surface area contributed by atoms with Gasteiger partial charge in [0.15, 0.2) is 11.0 Å². The number of rotatable bonds is 8. The van der Waals surface area contributed by atoms with Crippen molar-refractivity contribution in [3.05, 3.63) is 57.8 Å². The highest BCUT2D eigenvalue weighted by atomic mass is 32.2. The van der Waals surface area contributed by atoms with Crippen LogP contribution in [0.25, 0.3) is 0 Å². The van der Waals surface area contributed by atoms with Crippen LogP contribution in [0.2, 0.25) is 0 Å². The first-order valence-corrected chi connectivity index (χ1v) is 10.6. The molecule has 9 heteroatoms. The van der Waals surface area contributed by atoms with Crippen LogP contribution in [0.1, 0.15) is 34.0 Å². The number of thiophene rings is 1. The molecule has 0 aliphatic heterocycles. The lowest BCUT2D eigenvalue weighted by Gasteiger charge is -2.13. The van der Waals surface area contributed by atoms with Crippen LogP contribution in [0.4, 0.5) is 4.39 Å². The summed E-state index contributed by atoms with van der Waals surface area (Å²) in [6.07, 6.45) is 0. The van der Waals surface area contributed by atoms with E-state index in [0.717, 1.165) is 10.7 Å². The van der Waals surface area contributed by atoms with E-state index in [2.05, 4.69) is 15.5 Å². The Morgan fingerprint density at radius 3 is 2.75 bits per heavy atom. The summed E-state index contributed by atoms with van der Waals surface area (Å²) in [6, 6.07) is 7.58. The number of amides is 1. The van der Waals surface area contributed by atoms with E-state index < -0.39 is 0 Å². The maximum absolute atomic E-state index is 12.9. The molecule has 0 radical (unpaired) electrons. The van der Waals surface area contributed by atoms with Gasteiger partial charge in [0.25, 0.3) is 5.91 Å². The molecule has 0 saturated carbocycles. The van der Waals surface area contributed by atoms with Crippen LogP contribution in [-0.2, 0) is 7.05 Å². The molecule has 2 heterocycles. The van der Waals surface area contributed by atoms with E-state index in [-0.39, 0.29) is 17.8 Å². The largest absolute Gasteiger partial charge is 0.493 e. The monoisotopic (exact) mass is 420 g/mol. The van der Waals surface area contributed by atoms with Gasteiger partial charge in [0.2, 0.25) is 0 Å². The Bertz CT molecular complexity index is 940. The van der Waals surface area contributed by atoms with Gasteiger partial charge in [-0.25, -0.2) is 4.39 Å². The summed E-state index contributed by atoms with van der Waals surface area (Å²) in [7, 11) is 1.87. The Kier molecular flexibility index (Phi) is 6.69. The number of thioether (sulfide) groups is 1. The van der Waals surface area contributed by atoms with Crippen LogP contribution < -0.4 is 10.1 Å². The van der Waals surface area contributed by atoms with Crippen LogP contribution in [0.3, 0.4) is 0 Å². The normalized spacial score (nSPS) is 12.0. The Balaban J connectivity index is 1.52. The van der Waals surface area contributed by atoms with Crippen molar-refractivity contribution in [1.82, 2.24) is 20.1 Å². The number of nitrogens with one attached hydrogen (secondary N) is 1. The lowest BCUT2D eigenvalue weighted by Crippen LogP contribution is -2.28. The third-order valence-corrected chi connectivity index (χ3v) is 6.07. The number of nitrogens with zero attached hydrogens (tertiary/aromatic N) is 3. The van der Waals surface area contributed by atoms with Crippen LogP contribution in [-0.4, -0.2) is 33.0 Å². The van der Waals surface area contributed by atoms with Gasteiger partial charge in [-0.2, -0.15) is 0 Å². The second-order valence-corrected chi connectivity index (χ2v) is 8.16. The predicted molar refractivity (Wildman–Crippen MR) is 109 cm³/mol. The Labute approximate surface area is 171 Å². The van der Waals surface area contributed by atoms with Gasteiger partial charge < -0.3 is 14.6 Å². The van der Waals surface area contributed by atoms with Gasteiger partial charge in [0, 0.05) is 12.8 Å². The molecule has 1 amide bonds. The minimum absolute atomic E-state index is 0.107. The molecule has 0 saturated heterocycles. The van der Waals surface area contributed by atoms with E-state index in [0.29, 0.717) is 28.8 Å². The summed E-state index contributed by atoms with van der Waals surface area (Å²) in [5.41, 5.74) is 0.963. The number of hydrogen-bond donors (Lipinski definition) is 1. The van der Waals surface area contributed by atoms with E-state index >= 15 is 0 Å². The second kappa shape index (κ2) is 9.20. The number of ether oxygens (including phenoxy) is 1.